The van der Waals surface area contributed by atoms with Crippen LogP contribution in [0.3, 0.4) is 0 Å². The van der Waals surface area contributed by atoms with Crippen LogP contribution < -0.4 is 10.6 Å². The Balaban J connectivity index is 1.48. The Kier molecular flexibility index (Phi) is 8.44. The van der Waals surface area contributed by atoms with E-state index in [1.165, 1.54) is 0 Å². The van der Waals surface area contributed by atoms with E-state index in [-0.39, 0.29) is 30.1 Å². The van der Waals surface area contributed by atoms with E-state index in [0.717, 1.165) is 36.1 Å². The molecule has 41 heavy (non-hydrogen) atoms. The van der Waals surface area contributed by atoms with Gasteiger partial charge in [-0.3, -0.25) is 14.8 Å². The Hall–Kier alpha value is -3.18. The third kappa shape index (κ3) is 5.79. The lowest BCUT2D eigenvalue weighted by Gasteiger charge is -2.48. The largest absolute Gasteiger partial charge is 0.347 e. The Labute approximate surface area is 243 Å². The molecule has 2 aromatic rings. The highest BCUT2D eigenvalue weighted by Gasteiger charge is 2.54. The summed E-state index contributed by atoms with van der Waals surface area (Å²) in [6.07, 6.45) is 3.50. The number of rotatable bonds is 10. The van der Waals surface area contributed by atoms with Gasteiger partial charge in [-0.25, -0.2) is 9.59 Å². The molecular formula is C30H45N5O5Si. The van der Waals surface area contributed by atoms with Crippen molar-refractivity contribution in [1.82, 2.24) is 20.4 Å². The van der Waals surface area contributed by atoms with Crippen LogP contribution in [0, 0.1) is 5.41 Å². The molecule has 1 aromatic carbocycles. The highest BCUT2D eigenvalue weighted by Crippen LogP contribution is 2.56. The van der Waals surface area contributed by atoms with Gasteiger partial charge in [0.25, 0.3) is 0 Å². The van der Waals surface area contributed by atoms with Gasteiger partial charge in [0.15, 0.2) is 5.82 Å². The molecule has 1 atom stereocenters. The topological polar surface area (TPSA) is 126 Å². The summed E-state index contributed by atoms with van der Waals surface area (Å²) in [5.41, 5.74) is 1.04. The quantitative estimate of drug-likeness (QED) is 0.178. The molecule has 4 rings (SSSR count). The first-order valence-corrected chi connectivity index (χ1v) is 18.0. The van der Waals surface area contributed by atoms with Gasteiger partial charge in [0.2, 0.25) is 5.91 Å². The summed E-state index contributed by atoms with van der Waals surface area (Å²) in [5, 5.41) is 13.4. The smallest absolute Gasteiger partial charge is 0.329 e. The summed E-state index contributed by atoms with van der Waals surface area (Å²) >= 11 is 0. The molecule has 1 fully saturated rings. The van der Waals surface area contributed by atoms with Crippen LogP contribution in [-0.4, -0.2) is 47.7 Å². The van der Waals surface area contributed by atoms with Crippen LogP contribution in [0.15, 0.2) is 30.3 Å². The summed E-state index contributed by atoms with van der Waals surface area (Å²) in [6.45, 7) is 16.3. The fraction of sp³-hybridized carbons (Fsp3) is 0.600. The molecule has 0 bridgehead atoms. The van der Waals surface area contributed by atoms with E-state index in [9.17, 15) is 14.4 Å². The van der Waals surface area contributed by atoms with Crippen molar-refractivity contribution in [3.63, 3.8) is 0 Å². The van der Waals surface area contributed by atoms with Crippen molar-refractivity contribution < 1.29 is 24.2 Å². The number of urea groups is 1. The number of hydrogen-bond donors (Lipinski definition) is 3. The van der Waals surface area contributed by atoms with E-state index in [1.54, 1.807) is 18.7 Å². The first-order chi connectivity index (χ1) is 19.1. The van der Waals surface area contributed by atoms with Crippen molar-refractivity contribution in [2.75, 3.05) is 11.9 Å². The van der Waals surface area contributed by atoms with Crippen LogP contribution in [0.2, 0.25) is 24.7 Å². The minimum absolute atomic E-state index is 0.0417. The molecule has 3 N–H and O–H groups in total. The third-order valence-electron chi connectivity index (χ3n) is 9.33. The van der Waals surface area contributed by atoms with Gasteiger partial charge in [-0.15, -0.1) is 0 Å². The number of benzene rings is 1. The van der Waals surface area contributed by atoms with Crippen molar-refractivity contribution in [3.05, 3.63) is 47.2 Å². The Morgan fingerprint density at radius 1 is 1.15 bits per heavy atom. The summed E-state index contributed by atoms with van der Waals surface area (Å²) in [5.74, 6) is 0.0727. The van der Waals surface area contributed by atoms with Gasteiger partial charge in [-0.05, 0) is 52.5 Å². The number of nitrogens with one attached hydrogen (secondary N) is 3. The fourth-order valence-corrected chi connectivity index (χ4v) is 8.16. The van der Waals surface area contributed by atoms with Crippen LogP contribution in [-0.2, 0) is 31.4 Å². The minimum Gasteiger partial charge on any atom is -0.329 e. The lowest BCUT2D eigenvalue weighted by atomic mass is 9.83. The number of carbonyl (C=O) groups excluding carboxylic acids is 3. The molecule has 11 heteroatoms. The number of aromatic amines is 1. The molecule has 1 aliphatic carbocycles. The number of anilines is 1. The molecule has 2 aliphatic rings. The van der Waals surface area contributed by atoms with Gasteiger partial charge in [-0.1, -0.05) is 63.3 Å². The molecule has 1 aromatic heterocycles. The Bertz CT molecular complexity index is 1280. The summed E-state index contributed by atoms with van der Waals surface area (Å²) in [6, 6.07) is 8.53. The van der Waals surface area contributed by atoms with Crippen LogP contribution in [0.4, 0.5) is 10.6 Å². The zero-order valence-electron chi connectivity index (χ0n) is 25.6. The molecule has 2 heterocycles. The molecule has 10 nitrogen and oxygen atoms in total. The summed E-state index contributed by atoms with van der Waals surface area (Å²) in [4.78, 5) is 51.8. The van der Waals surface area contributed by atoms with Crippen molar-refractivity contribution in [3.8, 4) is 0 Å². The van der Waals surface area contributed by atoms with Crippen LogP contribution in [0.1, 0.15) is 83.2 Å². The summed E-state index contributed by atoms with van der Waals surface area (Å²) in [7, 11) is -1.76. The fourth-order valence-electron chi connectivity index (χ4n) is 5.57. The van der Waals surface area contributed by atoms with E-state index in [4.69, 9.17) is 9.78 Å². The van der Waals surface area contributed by atoms with E-state index < -0.39 is 31.0 Å². The number of hydrogen-bond acceptors (Lipinski definition) is 6. The van der Waals surface area contributed by atoms with Crippen LogP contribution >= 0.6 is 0 Å². The number of nitrogens with zero attached hydrogens (tertiary/aromatic N) is 2. The maximum atomic E-state index is 13.7. The second-order valence-corrected chi connectivity index (χ2v) is 19.0. The molecule has 224 valence electrons. The molecule has 0 spiro atoms. The van der Waals surface area contributed by atoms with Gasteiger partial charge in [-0.2, -0.15) is 9.99 Å². The van der Waals surface area contributed by atoms with Crippen molar-refractivity contribution >= 4 is 31.8 Å². The highest BCUT2D eigenvalue weighted by atomic mass is 28.3. The number of fused-ring (bicyclic) bond motifs is 1. The van der Waals surface area contributed by atoms with Gasteiger partial charge >= 0.3 is 12.0 Å². The molecule has 1 unspecified atom stereocenters. The zero-order chi connectivity index (χ0) is 30.2. The first-order valence-electron chi connectivity index (χ1n) is 14.5. The SMILES string of the molecule is CCC(C)(C)C(=O)OOCC(NC(=O)N1Cc2c(NC(=O)C3([Si](C)(C)C)CCC3)n[nH]c2C1(C)C)c1ccccc1. The standard InChI is InChI=1S/C30H45N5O5Si/c1-9-28(2,3)26(37)40-39-19-22(20-14-11-10-12-15-20)31-27(38)35-18-21-23(29(35,4)5)33-34-24(21)32-25(36)30(16-13-17-30)41(6,7)8/h10-12,14-15,22H,9,13,16-19H2,1-8H3,(H,31,38)(H2,32,33,34,36). The highest BCUT2D eigenvalue weighted by molar-refractivity contribution is 6.83. The van der Waals surface area contributed by atoms with Crippen LogP contribution in [0.25, 0.3) is 0 Å². The average Bonchev–Trinajstić information content (AvgIpc) is 3.39. The van der Waals surface area contributed by atoms with E-state index >= 15 is 0 Å². The average molecular weight is 584 g/mol. The van der Waals surface area contributed by atoms with E-state index in [2.05, 4.69) is 40.5 Å². The predicted molar refractivity (Wildman–Crippen MR) is 160 cm³/mol. The molecule has 0 radical (unpaired) electrons. The van der Waals surface area contributed by atoms with Crippen molar-refractivity contribution in [1.29, 1.82) is 0 Å². The van der Waals surface area contributed by atoms with Gasteiger partial charge < -0.3 is 15.5 Å². The Morgan fingerprint density at radius 3 is 2.37 bits per heavy atom. The zero-order valence-corrected chi connectivity index (χ0v) is 26.6. The molecule has 1 saturated carbocycles. The van der Waals surface area contributed by atoms with Gasteiger partial charge in [0, 0.05) is 10.6 Å². The monoisotopic (exact) mass is 583 g/mol. The Morgan fingerprint density at radius 2 is 1.80 bits per heavy atom. The molecule has 0 saturated heterocycles. The lowest BCUT2D eigenvalue weighted by molar-refractivity contribution is -0.282. The van der Waals surface area contributed by atoms with E-state index in [1.807, 2.05) is 51.1 Å². The lowest BCUT2D eigenvalue weighted by Crippen LogP contribution is -2.52. The minimum atomic E-state index is -1.76. The second kappa shape index (κ2) is 11.2. The van der Waals surface area contributed by atoms with Gasteiger partial charge in [0.1, 0.15) is 6.61 Å². The van der Waals surface area contributed by atoms with Crippen molar-refractivity contribution in [2.45, 2.75) is 103 Å². The molecule has 3 amide bonds. The number of carbonyl (C=O) groups is 3. The third-order valence-corrected chi connectivity index (χ3v) is 12.9. The van der Waals surface area contributed by atoms with E-state index in [0.29, 0.717) is 12.2 Å². The number of amides is 3. The maximum Gasteiger partial charge on any atom is 0.347 e. The number of aromatic nitrogens is 2. The number of H-pyrrole nitrogens is 1. The first kappa shape index (κ1) is 30.8. The normalized spacial score (nSPS) is 18.2. The van der Waals surface area contributed by atoms with Gasteiger partial charge in [0.05, 0.1) is 37.3 Å². The second-order valence-electron chi connectivity index (χ2n) is 13.5. The van der Waals surface area contributed by atoms with Crippen molar-refractivity contribution in [2.24, 2.45) is 5.41 Å². The maximum absolute atomic E-state index is 13.7. The molecule has 1 aliphatic heterocycles. The van der Waals surface area contributed by atoms with Crippen LogP contribution in [0.5, 0.6) is 0 Å². The molecular weight excluding hydrogens is 538 g/mol. The predicted octanol–water partition coefficient (Wildman–Crippen LogP) is 6.02. The summed E-state index contributed by atoms with van der Waals surface area (Å²) < 4.78 is 0.